The van der Waals surface area contributed by atoms with E-state index in [1.165, 1.54) is 37.5 Å². The molecule has 2 fully saturated rings. The van der Waals surface area contributed by atoms with Gasteiger partial charge >= 0.3 is 0 Å². The average molecular weight is 337 g/mol. The number of benzene rings is 1. The van der Waals surface area contributed by atoms with E-state index in [1.54, 1.807) is 0 Å². The molecular weight excluding hydrogens is 308 g/mol. The van der Waals surface area contributed by atoms with E-state index in [4.69, 9.17) is 0 Å². The van der Waals surface area contributed by atoms with Gasteiger partial charge in [-0.3, -0.25) is 0 Å². The Hall–Kier alpha value is -0.910. The normalized spacial score (nSPS) is 29.7. The van der Waals surface area contributed by atoms with Crippen LogP contribution in [0.1, 0.15) is 43.6 Å². The summed E-state index contributed by atoms with van der Waals surface area (Å²) in [5, 5.41) is 0. The smallest absolute Gasteiger partial charge is 0.208 e. The van der Waals surface area contributed by atoms with Crippen LogP contribution in [0.4, 0.5) is 0 Å². The Morgan fingerprint density at radius 3 is 2.43 bits per heavy atom. The number of hydrogen-bond donors (Lipinski definition) is 1. The van der Waals surface area contributed by atoms with Crippen LogP contribution >= 0.6 is 0 Å². The van der Waals surface area contributed by atoms with Crippen LogP contribution in [0.15, 0.2) is 30.3 Å². The Morgan fingerprint density at radius 1 is 1.09 bits per heavy atom. The van der Waals surface area contributed by atoms with Gasteiger partial charge in [0, 0.05) is 19.1 Å². The second kappa shape index (κ2) is 7.32. The maximum absolute atomic E-state index is 11.3. The number of hydrogen-bond acceptors (Lipinski definition) is 3. The lowest BCUT2D eigenvalue weighted by Gasteiger charge is -2.31. The van der Waals surface area contributed by atoms with Gasteiger partial charge in [-0.2, -0.15) is 0 Å². The van der Waals surface area contributed by atoms with Crippen molar-refractivity contribution in [3.05, 3.63) is 35.9 Å². The van der Waals surface area contributed by atoms with Crippen molar-refractivity contribution in [2.75, 3.05) is 25.9 Å². The molecule has 0 amide bonds. The molecule has 0 bridgehead atoms. The molecule has 1 aliphatic carbocycles. The van der Waals surface area contributed by atoms with Crippen molar-refractivity contribution in [2.24, 2.45) is 5.92 Å². The van der Waals surface area contributed by atoms with E-state index in [-0.39, 0.29) is 6.04 Å². The Bertz CT molecular complexity index is 595. The molecule has 4 nitrogen and oxygen atoms in total. The fourth-order valence-corrected chi connectivity index (χ4v) is 4.96. The van der Waals surface area contributed by atoms with Crippen LogP contribution in [0.2, 0.25) is 0 Å². The molecule has 1 saturated carbocycles. The molecule has 1 heterocycles. The zero-order chi connectivity index (χ0) is 16.3. The molecule has 2 aliphatic rings. The Kier molecular flexibility index (Phi) is 5.39. The first-order valence-corrected chi connectivity index (χ1v) is 10.6. The minimum absolute atomic E-state index is 0.102. The third-order valence-electron chi connectivity index (χ3n) is 5.29. The van der Waals surface area contributed by atoms with Gasteiger partial charge in [0.2, 0.25) is 10.0 Å². The van der Waals surface area contributed by atoms with Crippen molar-refractivity contribution in [2.45, 2.75) is 44.1 Å². The topological polar surface area (TPSA) is 49.4 Å². The van der Waals surface area contributed by atoms with Gasteiger partial charge in [-0.25, -0.2) is 13.1 Å². The maximum Gasteiger partial charge on any atom is 0.208 e. The number of rotatable bonds is 5. The van der Waals surface area contributed by atoms with Crippen LogP contribution in [-0.2, 0) is 10.0 Å². The zero-order valence-corrected chi connectivity index (χ0v) is 14.8. The van der Waals surface area contributed by atoms with E-state index in [9.17, 15) is 8.42 Å². The standard InChI is InChI=1S/C18H28N2O2S/c1-23(21,22)19-18-11-12-20(14-18)13-15-7-9-17(10-8-15)16-5-3-2-4-6-16/h2-6,15,17-19H,7-14H2,1H3/t15?,17?,18-/m1/s1. The first kappa shape index (κ1) is 16.9. The average Bonchev–Trinajstić information content (AvgIpc) is 2.94. The molecule has 1 aliphatic heterocycles. The van der Waals surface area contributed by atoms with E-state index < -0.39 is 10.0 Å². The van der Waals surface area contributed by atoms with Gasteiger partial charge in [0.15, 0.2) is 0 Å². The number of likely N-dealkylation sites (tertiary alicyclic amines) is 1. The highest BCUT2D eigenvalue weighted by molar-refractivity contribution is 7.88. The van der Waals surface area contributed by atoms with E-state index >= 15 is 0 Å². The third-order valence-corrected chi connectivity index (χ3v) is 6.05. The Balaban J connectivity index is 1.43. The van der Waals surface area contributed by atoms with Gasteiger partial charge in [-0.05, 0) is 56.0 Å². The van der Waals surface area contributed by atoms with Crippen molar-refractivity contribution < 1.29 is 8.42 Å². The minimum Gasteiger partial charge on any atom is -0.301 e. The van der Waals surface area contributed by atoms with E-state index in [2.05, 4.69) is 40.0 Å². The molecular formula is C18H28N2O2S. The van der Waals surface area contributed by atoms with Gasteiger partial charge < -0.3 is 4.90 Å². The van der Waals surface area contributed by atoms with Crippen molar-refractivity contribution in [1.29, 1.82) is 0 Å². The van der Waals surface area contributed by atoms with Crippen LogP contribution in [0.25, 0.3) is 0 Å². The van der Waals surface area contributed by atoms with Gasteiger partial charge in [0.1, 0.15) is 0 Å². The first-order valence-electron chi connectivity index (χ1n) is 8.74. The summed E-state index contributed by atoms with van der Waals surface area (Å²) in [4.78, 5) is 2.44. The van der Waals surface area contributed by atoms with Gasteiger partial charge in [0.05, 0.1) is 6.26 Å². The summed E-state index contributed by atoms with van der Waals surface area (Å²) in [5.74, 6) is 1.50. The monoisotopic (exact) mass is 336 g/mol. The van der Waals surface area contributed by atoms with Crippen molar-refractivity contribution in [3.8, 4) is 0 Å². The van der Waals surface area contributed by atoms with Crippen LogP contribution in [0.3, 0.4) is 0 Å². The molecule has 3 rings (SSSR count). The van der Waals surface area contributed by atoms with Crippen molar-refractivity contribution >= 4 is 10.0 Å². The van der Waals surface area contributed by atoms with Crippen LogP contribution in [-0.4, -0.2) is 45.2 Å². The summed E-state index contributed by atoms with van der Waals surface area (Å²) in [6, 6.07) is 11.0. The quantitative estimate of drug-likeness (QED) is 0.899. The molecule has 0 aromatic heterocycles. The van der Waals surface area contributed by atoms with E-state index in [0.29, 0.717) is 0 Å². The SMILES string of the molecule is CS(=O)(=O)N[C@@H]1CCN(CC2CCC(c3ccccc3)CC2)C1. The maximum atomic E-state index is 11.3. The minimum atomic E-state index is -3.08. The van der Waals surface area contributed by atoms with Crippen LogP contribution < -0.4 is 4.72 Å². The van der Waals surface area contributed by atoms with Gasteiger partial charge in [0.25, 0.3) is 0 Å². The first-order chi connectivity index (χ1) is 11.0. The van der Waals surface area contributed by atoms with Gasteiger partial charge in [-0.15, -0.1) is 0 Å². The largest absolute Gasteiger partial charge is 0.301 e. The molecule has 1 aromatic carbocycles. The van der Waals surface area contributed by atoms with Crippen molar-refractivity contribution in [1.82, 2.24) is 9.62 Å². The third kappa shape index (κ3) is 5.03. The van der Waals surface area contributed by atoms with E-state index in [1.807, 2.05) is 0 Å². The van der Waals surface area contributed by atoms with E-state index in [0.717, 1.165) is 37.9 Å². The van der Waals surface area contributed by atoms with Crippen LogP contribution in [0.5, 0.6) is 0 Å². The fraction of sp³-hybridized carbons (Fsp3) is 0.667. The zero-order valence-electron chi connectivity index (χ0n) is 13.9. The Labute approximate surface area is 140 Å². The molecule has 128 valence electrons. The summed E-state index contributed by atoms with van der Waals surface area (Å²) < 4.78 is 25.4. The summed E-state index contributed by atoms with van der Waals surface area (Å²) in [7, 11) is -3.08. The molecule has 0 radical (unpaired) electrons. The van der Waals surface area contributed by atoms with Gasteiger partial charge in [-0.1, -0.05) is 30.3 Å². The summed E-state index contributed by atoms with van der Waals surface area (Å²) in [6.07, 6.45) is 7.34. The lowest BCUT2D eigenvalue weighted by atomic mass is 9.78. The summed E-state index contributed by atoms with van der Waals surface area (Å²) >= 11 is 0. The molecule has 23 heavy (non-hydrogen) atoms. The second-order valence-electron chi connectivity index (χ2n) is 7.26. The highest BCUT2D eigenvalue weighted by Crippen LogP contribution is 2.36. The fourth-order valence-electron chi connectivity index (χ4n) is 4.17. The van der Waals surface area contributed by atoms with Crippen molar-refractivity contribution in [3.63, 3.8) is 0 Å². The summed E-state index contributed by atoms with van der Waals surface area (Å²) in [5.41, 5.74) is 1.49. The second-order valence-corrected chi connectivity index (χ2v) is 9.04. The molecule has 0 spiro atoms. The molecule has 1 atom stereocenters. The molecule has 0 unspecified atom stereocenters. The molecule has 5 heteroatoms. The molecule has 1 N–H and O–H groups in total. The van der Waals surface area contributed by atoms with Crippen LogP contribution in [0, 0.1) is 5.92 Å². The lowest BCUT2D eigenvalue weighted by Crippen LogP contribution is -2.37. The highest BCUT2D eigenvalue weighted by Gasteiger charge is 2.28. The summed E-state index contributed by atoms with van der Waals surface area (Å²) in [6.45, 7) is 3.01. The number of sulfonamides is 1. The highest BCUT2D eigenvalue weighted by atomic mass is 32.2. The predicted octanol–water partition coefficient (Wildman–Crippen LogP) is 2.58. The number of nitrogens with zero attached hydrogens (tertiary/aromatic N) is 1. The molecule has 1 saturated heterocycles. The Morgan fingerprint density at radius 2 is 1.78 bits per heavy atom. The molecule has 1 aromatic rings. The number of nitrogens with one attached hydrogen (secondary N) is 1. The lowest BCUT2D eigenvalue weighted by molar-refractivity contribution is 0.221. The predicted molar refractivity (Wildman–Crippen MR) is 94.0 cm³/mol.